The molecule has 0 radical (unpaired) electrons. The standard InChI is InChI=1S/C30H32N4O4/c1-5-6-12-38-23-10-9-21(15-24(23)37-4)29-26-27(25-19(3)13-18(2)14-22(25)35)32-33-28(26)30(36)34(29)17-20-8-7-11-31-16-20/h7-11,13-16,29,35H,5-6,12,17H2,1-4H3,(H,32,33). The Bertz CT molecular complexity index is 1440. The third-order valence-electron chi connectivity index (χ3n) is 6.89. The molecule has 5 rings (SSSR count). The van der Waals surface area contributed by atoms with Gasteiger partial charge in [0.25, 0.3) is 5.91 Å². The van der Waals surface area contributed by atoms with E-state index in [9.17, 15) is 9.90 Å². The van der Waals surface area contributed by atoms with E-state index in [2.05, 4.69) is 22.1 Å². The fourth-order valence-electron chi connectivity index (χ4n) is 5.14. The Morgan fingerprint density at radius 2 is 1.97 bits per heavy atom. The molecular formula is C30H32N4O4. The van der Waals surface area contributed by atoms with Crippen LogP contribution in [0.1, 0.15) is 64.1 Å². The van der Waals surface area contributed by atoms with Crippen LogP contribution in [0.4, 0.5) is 0 Å². The van der Waals surface area contributed by atoms with E-state index >= 15 is 0 Å². The molecule has 0 aliphatic carbocycles. The Kier molecular flexibility index (Phi) is 7.05. The number of unbranched alkanes of at least 4 members (excludes halogenated alkanes) is 1. The SMILES string of the molecule is CCCCOc1ccc(C2c3c(-c4c(C)cc(C)cc4O)n[nH]c3C(=O)N2Cc2cccnc2)cc1OC. The first-order chi connectivity index (χ1) is 18.4. The smallest absolute Gasteiger partial charge is 0.273 e. The zero-order chi connectivity index (χ0) is 26.8. The highest BCUT2D eigenvalue weighted by molar-refractivity contribution is 6.00. The quantitative estimate of drug-likeness (QED) is 0.278. The molecule has 2 aromatic carbocycles. The number of hydrogen-bond donors (Lipinski definition) is 2. The average molecular weight is 513 g/mol. The zero-order valence-electron chi connectivity index (χ0n) is 22.1. The topological polar surface area (TPSA) is 101 Å². The van der Waals surface area contributed by atoms with Gasteiger partial charge in [0.1, 0.15) is 17.1 Å². The zero-order valence-corrected chi connectivity index (χ0v) is 22.1. The maximum Gasteiger partial charge on any atom is 0.273 e. The lowest BCUT2D eigenvalue weighted by Crippen LogP contribution is -2.29. The van der Waals surface area contributed by atoms with Gasteiger partial charge in [-0.2, -0.15) is 5.10 Å². The molecular weight excluding hydrogens is 480 g/mol. The molecule has 1 amide bonds. The predicted molar refractivity (Wildman–Crippen MR) is 145 cm³/mol. The van der Waals surface area contributed by atoms with Crippen molar-refractivity contribution in [2.24, 2.45) is 0 Å². The molecule has 196 valence electrons. The number of ether oxygens (including phenoxy) is 2. The van der Waals surface area contributed by atoms with Crippen molar-refractivity contribution < 1.29 is 19.4 Å². The van der Waals surface area contributed by atoms with E-state index in [-0.39, 0.29) is 11.7 Å². The van der Waals surface area contributed by atoms with Crippen molar-refractivity contribution in [1.82, 2.24) is 20.1 Å². The van der Waals surface area contributed by atoms with E-state index in [1.807, 2.05) is 50.2 Å². The second kappa shape index (κ2) is 10.6. The summed E-state index contributed by atoms with van der Waals surface area (Å²) in [6.45, 7) is 6.95. The fraction of sp³-hybridized carbons (Fsp3) is 0.300. The van der Waals surface area contributed by atoms with Crippen LogP contribution in [0.15, 0.2) is 54.9 Å². The molecule has 4 aromatic rings. The van der Waals surface area contributed by atoms with Gasteiger partial charge in [0.2, 0.25) is 0 Å². The van der Waals surface area contributed by atoms with Crippen molar-refractivity contribution in [3.63, 3.8) is 0 Å². The molecule has 0 bridgehead atoms. The van der Waals surface area contributed by atoms with Crippen molar-refractivity contribution in [1.29, 1.82) is 0 Å². The Hall–Kier alpha value is -4.33. The number of benzene rings is 2. The summed E-state index contributed by atoms with van der Waals surface area (Å²) in [6.07, 6.45) is 5.45. The van der Waals surface area contributed by atoms with Crippen LogP contribution in [0.25, 0.3) is 11.3 Å². The first kappa shape index (κ1) is 25.3. The van der Waals surface area contributed by atoms with Gasteiger partial charge >= 0.3 is 0 Å². The number of aromatic amines is 1. The molecule has 38 heavy (non-hydrogen) atoms. The van der Waals surface area contributed by atoms with Crippen LogP contribution in [0.5, 0.6) is 17.2 Å². The Morgan fingerprint density at radius 1 is 1.13 bits per heavy atom. The molecule has 1 unspecified atom stereocenters. The van der Waals surface area contributed by atoms with Gasteiger partial charge in [-0.05, 0) is 66.8 Å². The van der Waals surface area contributed by atoms with Crippen LogP contribution in [0.2, 0.25) is 0 Å². The number of phenols is 1. The second-order valence-corrected chi connectivity index (χ2v) is 9.65. The number of aromatic nitrogens is 3. The summed E-state index contributed by atoms with van der Waals surface area (Å²) in [6, 6.07) is 12.8. The Balaban J connectivity index is 1.65. The van der Waals surface area contributed by atoms with Gasteiger partial charge in [0.15, 0.2) is 11.5 Å². The molecule has 0 saturated heterocycles. The molecule has 1 aliphatic heterocycles. The maximum absolute atomic E-state index is 13.8. The number of pyridine rings is 1. The maximum atomic E-state index is 13.8. The molecule has 0 fully saturated rings. The molecule has 8 nitrogen and oxygen atoms in total. The third kappa shape index (κ3) is 4.58. The molecule has 2 N–H and O–H groups in total. The predicted octanol–water partition coefficient (Wildman–Crippen LogP) is 5.73. The number of aromatic hydroxyl groups is 1. The van der Waals surface area contributed by atoms with Crippen LogP contribution in [-0.2, 0) is 6.54 Å². The summed E-state index contributed by atoms with van der Waals surface area (Å²) in [5.41, 5.74) is 5.90. The van der Waals surface area contributed by atoms with Crippen molar-refractivity contribution in [3.05, 3.63) is 88.4 Å². The lowest BCUT2D eigenvalue weighted by molar-refractivity contribution is 0.0729. The second-order valence-electron chi connectivity index (χ2n) is 9.65. The van der Waals surface area contributed by atoms with Gasteiger partial charge in [-0.25, -0.2) is 0 Å². The van der Waals surface area contributed by atoms with Gasteiger partial charge in [0.05, 0.1) is 19.8 Å². The number of nitrogens with one attached hydrogen (secondary N) is 1. The van der Waals surface area contributed by atoms with Crippen molar-refractivity contribution in [2.45, 2.75) is 46.2 Å². The third-order valence-corrected chi connectivity index (χ3v) is 6.89. The van der Waals surface area contributed by atoms with Crippen molar-refractivity contribution >= 4 is 5.91 Å². The summed E-state index contributed by atoms with van der Waals surface area (Å²) in [7, 11) is 1.61. The molecule has 8 heteroatoms. The number of fused-ring (bicyclic) bond motifs is 1. The number of carbonyl (C=O) groups is 1. The monoisotopic (exact) mass is 512 g/mol. The van der Waals surface area contributed by atoms with Gasteiger partial charge in [-0.3, -0.25) is 14.9 Å². The van der Waals surface area contributed by atoms with E-state index in [0.717, 1.165) is 40.7 Å². The minimum atomic E-state index is -0.467. The number of aryl methyl sites for hydroxylation is 2. The summed E-state index contributed by atoms with van der Waals surface area (Å²) >= 11 is 0. The lowest BCUT2D eigenvalue weighted by atomic mass is 9.93. The Morgan fingerprint density at radius 3 is 2.68 bits per heavy atom. The number of H-pyrrole nitrogens is 1. The molecule has 3 heterocycles. The normalized spacial score (nSPS) is 14.6. The highest BCUT2D eigenvalue weighted by Crippen LogP contribution is 2.47. The lowest BCUT2D eigenvalue weighted by Gasteiger charge is -2.27. The largest absolute Gasteiger partial charge is 0.507 e. The number of rotatable bonds is 9. The minimum absolute atomic E-state index is 0.131. The van der Waals surface area contributed by atoms with Gasteiger partial charge in [-0.1, -0.05) is 31.5 Å². The van der Waals surface area contributed by atoms with Crippen LogP contribution in [0, 0.1) is 13.8 Å². The number of amides is 1. The Labute approximate surface area is 222 Å². The van der Waals surface area contributed by atoms with Crippen molar-refractivity contribution in [3.8, 4) is 28.5 Å². The van der Waals surface area contributed by atoms with E-state index in [1.165, 1.54) is 0 Å². The van der Waals surface area contributed by atoms with Gasteiger partial charge in [-0.15, -0.1) is 0 Å². The number of hydrogen-bond acceptors (Lipinski definition) is 6. The summed E-state index contributed by atoms with van der Waals surface area (Å²) in [5, 5.41) is 18.4. The highest BCUT2D eigenvalue weighted by Gasteiger charge is 2.43. The van der Waals surface area contributed by atoms with Crippen LogP contribution >= 0.6 is 0 Å². The molecule has 1 aliphatic rings. The number of nitrogens with zero attached hydrogens (tertiary/aromatic N) is 3. The van der Waals surface area contributed by atoms with E-state index in [1.54, 1.807) is 30.5 Å². The van der Waals surface area contributed by atoms with E-state index in [4.69, 9.17) is 9.47 Å². The molecule has 0 spiro atoms. The number of carbonyl (C=O) groups excluding carboxylic acids is 1. The van der Waals surface area contributed by atoms with E-state index in [0.29, 0.717) is 41.6 Å². The summed E-state index contributed by atoms with van der Waals surface area (Å²) < 4.78 is 11.6. The van der Waals surface area contributed by atoms with Crippen LogP contribution in [-0.4, -0.2) is 44.8 Å². The van der Waals surface area contributed by atoms with E-state index < -0.39 is 6.04 Å². The molecule has 0 saturated carbocycles. The molecule has 2 aromatic heterocycles. The number of phenolic OH excluding ortho intramolecular Hbond substituents is 1. The van der Waals surface area contributed by atoms with Crippen LogP contribution < -0.4 is 9.47 Å². The number of methoxy groups -OCH3 is 1. The minimum Gasteiger partial charge on any atom is -0.507 e. The van der Waals surface area contributed by atoms with Gasteiger partial charge < -0.3 is 19.5 Å². The average Bonchev–Trinajstić information content (AvgIpc) is 3.43. The first-order valence-corrected chi connectivity index (χ1v) is 12.8. The summed E-state index contributed by atoms with van der Waals surface area (Å²) in [4.78, 5) is 19.8. The van der Waals surface area contributed by atoms with Crippen LogP contribution in [0.3, 0.4) is 0 Å². The fourth-order valence-corrected chi connectivity index (χ4v) is 5.14. The summed E-state index contributed by atoms with van der Waals surface area (Å²) in [5.74, 6) is 1.22. The van der Waals surface area contributed by atoms with Gasteiger partial charge in [0, 0.05) is 30.1 Å². The molecule has 1 atom stereocenters. The first-order valence-electron chi connectivity index (χ1n) is 12.8. The van der Waals surface area contributed by atoms with Crippen molar-refractivity contribution in [2.75, 3.05) is 13.7 Å². The highest BCUT2D eigenvalue weighted by atomic mass is 16.5.